The van der Waals surface area contributed by atoms with Crippen molar-refractivity contribution in [2.75, 3.05) is 19.9 Å². The van der Waals surface area contributed by atoms with Gasteiger partial charge >= 0.3 is 6.09 Å². The molecule has 7 heteroatoms. The fourth-order valence-corrected chi connectivity index (χ4v) is 4.44. The van der Waals surface area contributed by atoms with E-state index in [1.807, 2.05) is 48.5 Å². The number of benzene rings is 2. The summed E-state index contributed by atoms with van der Waals surface area (Å²) in [5.74, 6) is 0. The predicted molar refractivity (Wildman–Crippen MR) is 105 cm³/mol. The number of carbonyl (C=O) groups is 1. The van der Waals surface area contributed by atoms with Crippen molar-refractivity contribution in [3.63, 3.8) is 0 Å². The van der Waals surface area contributed by atoms with Crippen LogP contribution in [0.4, 0.5) is 4.79 Å². The van der Waals surface area contributed by atoms with E-state index in [0.717, 1.165) is 22.9 Å². The monoisotopic (exact) mass is 388 g/mol. The van der Waals surface area contributed by atoms with E-state index in [1.54, 1.807) is 4.90 Å². The lowest BCUT2D eigenvalue weighted by atomic mass is 9.97. The zero-order valence-electron chi connectivity index (χ0n) is 15.5. The average Bonchev–Trinajstić information content (AvgIpc) is 3.02. The van der Waals surface area contributed by atoms with Crippen LogP contribution in [0.2, 0.25) is 0 Å². The molecule has 144 valence electrons. The molecule has 0 bridgehead atoms. The Morgan fingerprint density at radius 1 is 1.15 bits per heavy atom. The number of methoxy groups -OCH3 is 1. The van der Waals surface area contributed by atoms with E-state index >= 15 is 0 Å². The first-order valence-corrected chi connectivity index (χ1v) is 10.7. The second-order valence-corrected chi connectivity index (χ2v) is 8.57. The molecule has 1 N–H and O–H groups in total. The zero-order valence-corrected chi connectivity index (χ0v) is 16.3. The van der Waals surface area contributed by atoms with Crippen LogP contribution in [0.3, 0.4) is 0 Å². The Labute approximate surface area is 160 Å². The van der Waals surface area contributed by atoms with E-state index in [-0.39, 0.29) is 12.1 Å². The SMILES string of the molecule is COC(=O)N1CC[C@H](NS(C)(=O)=O)[C@@H]1Cc1cccc(-c2ccccc2)c1. The molecule has 1 aliphatic rings. The molecule has 6 nitrogen and oxygen atoms in total. The highest BCUT2D eigenvalue weighted by Gasteiger charge is 2.39. The molecule has 2 aromatic carbocycles. The third-order valence-corrected chi connectivity index (χ3v) is 5.53. The first-order chi connectivity index (χ1) is 12.9. The third kappa shape index (κ3) is 4.87. The summed E-state index contributed by atoms with van der Waals surface area (Å²) in [4.78, 5) is 13.7. The molecule has 1 fully saturated rings. The maximum absolute atomic E-state index is 12.1. The highest BCUT2D eigenvalue weighted by atomic mass is 32.2. The summed E-state index contributed by atoms with van der Waals surface area (Å²) >= 11 is 0. The molecule has 1 saturated heterocycles. The molecule has 1 heterocycles. The number of ether oxygens (including phenoxy) is 1. The molecular formula is C20H24N2O4S. The minimum Gasteiger partial charge on any atom is -0.453 e. The van der Waals surface area contributed by atoms with E-state index in [2.05, 4.69) is 10.8 Å². The summed E-state index contributed by atoms with van der Waals surface area (Å²) in [6, 6.07) is 17.5. The molecule has 2 atom stereocenters. The highest BCUT2D eigenvalue weighted by molar-refractivity contribution is 7.88. The molecule has 2 aromatic rings. The average molecular weight is 388 g/mol. The Kier molecular flexibility index (Phi) is 5.82. The van der Waals surface area contributed by atoms with Gasteiger partial charge in [0.25, 0.3) is 0 Å². The molecule has 0 spiro atoms. The normalized spacial score (nSPS) is 19.9. The van der Waals surface area contributed by atoms with Crippen LogP contribution in [-0.4, -0.2) is 51.4 Å². The van der Waals surface area contributed by atoms with Crippen LogP contribution in [0.15, 0.2) is 54.6 Å². The van der Waals surface area contributed by atoms with Crippen molar-refractivity contribution in [3.8, 4) is 11.1 Å². The minimum atomic E-state index is -3.37. The Bertz CT molecular complexity index is 899. The number of nitrogens with one attached hydrogen (secondary N) is 1. The molecule has 0 unspecified atom stereocenters. The van der Waals surface area contributed by atoms with Crippen LogP contribution < -0.4 is 4.72 Å². The van der Waals surface area contributed by atoms with Crippen LogP contribution in [0.1, 0.15) is 12.0 Å². The molecule has 0 aliphatic carbocycles. The van der Waals surface area contributed by atoms with Gasteiger partial charge in [-0.05, 0) is 29.5 Å². The summed E-state index contributed by atoms with van der Waals surface area (Å²) in [6.45, 7) is 0.461. The maximum Gasteiger partial charge on any atom is 0.409 e. The number of carbonyl (C=O) groups excluding carboxylic acids is 1. The second kappa shape index (κ2) is 8.10. The Morgan fingerprint density at radius 3 is 2.52 bits per heavy atom. The van der Waals surface area contributed by atoms with Crippen LogP contribution in [-0.2, 0) is 21.2 Å². The van der Waals surface area contributed by atoms with Gasteiger partial charge in [-0.15, -0.1) is 0 Å². The smallest absolute Gasteiger partial charge is 0.409 e. The van der Waals surface area contributed by atoms with Gasteiger partial charge in [0.2, 0.25) is 10.0 Å². The van der Waals surface area contributed by atoms with Crippen LogP contribution >= 0.6 is 0 Å². The second-order valence-electron chi connectivity index (χ2n) is 6.79. The van der Waals surface area contributed by atoms with Crippen LogP contribution in [0.5, 0.6) is 0 Å². The molecule has 0 radical (unpaired) electrons. The lowest BCUT2D eigenvalue weighted by Gasteiger charge is -2.27. The van der Waals surface area contributed by atoms with Gasteiger partial charge in [-0.2, -0.15) is 0 Å². The Hall–Kier alpha value is -2.38. The lowest BCUT2D eigenvalue weighted by molar-refractivity contribution is 0.117. The number of hydrogen-bond donors (Lipinski definition) is 1. The summed E-state index contributed by atoms with van der Waals surface area (Å²) in [5.41, 5.74) is 3.24. The predicted octanol–water partition coefficient (Wildman–Crippen LogP) is 2.65. The number of rotatable bonds is 5. The quantitative estimate of drug-likeness (QED) is 0.854. The molecule has 3 rings (SSSR count). The molecule has 1 aliphatic heterocycles. The molecule has 1 amide bonds. The van der Waals surface area contributed by atoms with Crippen molar-refractivity contribution < 1.29 is 17.9 Å². The zero-order chi connectivity index (χ0) is 19.4. The van der Waals surface area contributed by atoms with Crippen LogP contribution in [0, 0.1) is 0 Å². The minimum absolute atomic E-state index is 0.293. The summed E-state index contributed by atoms with van der Waals surface area (Å²) < 4.78 is 31.0. The van der Waals surface area contributed by atoms with Gasteiger partial charge in [0.1, 0.15) is 0 Å². The largest absolute Gasteiger partial charge is 0.453 e. The Morgan fingerprint density at radius 2 is 1.85 bits per heavy atom. The standard InChI is InChI=1S/C20H24N2O4S/c1-26-20(23)22-12-11-18(21-27(2,24)25)19(22)14-15-7-6-10-17(13-15)16-8-4-3-5-9-16/h3-10,13,18-19,21H,11-12,14H2,1-2H3/t18-,19-/m0/s1. The van der Waals surface area contributed by atoms with Crippen molar-refractivity contribution in [2.45, 2.75) is 24.9 Å². The first-order valence-electron chi connectivity index (χ1n) is 8.83. The number of hydrogen-bond acceptors (Lipinski definition) is 4. The number of likely N-dealkylation sites (tertiary alicyclic amines) is 1. The van der Waals surface area contributed by atoms with Gasteiger partial charge in [0.15, 0.2) is 0 Å². The maximum atomic E-state index is 12.1. The van der Waals surface area contributed by atoms with Gasteiger partial charge in [0.05, 0.1) is 19.4 Å². The first kappa shape index (κ1) is 19.4. The highest BCUT2D eigenvalue weighted by Crippen LogP contribution is 2.26. The van der Waals surface area contributed by atoms with Gasteiger partial charge in [0, 0.05) is 12.6 Å². The topological polar surface area (TPSA) is 75.7 Å². The number of nitrogens with zero attached hydrogens (tertiary/aromatic N) is 1. The van der Waals surface area contributed by atoms with E-state index in [0.29, 0.717) is 19.4 Å². The van der Waals surface area contributed by atoms with Crippen LogP contribution in [0.25, 0.3) is 11.1 Å². The van der Waals surface area contributed by atoms with Crippen molar-refractivity contribution in [2.24, 2.45) is 0 Å². The Balaban J connectivity index is 1.86. The van der Waals surface area contributed by atoms with E-state index in [1.165, 1.54) is 7.11 Å². The molecule has 0 aromatic heterocycles. The van der Waals surface area contributed by atoms with Gasteiger partial charge in [-0.3, -0.25) is 0 Å². The van der Waals surface area contributed by atoms with Gasteiger partial charge in [-0.25, -0.2) is 17.9 Å². The lowest BCUT2D eigenvalue weighted by Crippen LogP contribution is -2.47. The molecule has 27 heavy (non-hydrogen) atoms. The van der Waals surface area contributed by atoms with Gasteiger partial charge in [-0.1, -0.05) is 54.6 Å². The fraction of sp³-hybridized carbons (Fsp3) is 0.350. The van der Waals surface area contributed by atoms with Gasteiger partial charge < -0.3 is 9.64 Å². The number of amides is 1. The summed E-state index contributed by atoms with van der Waals surface area (Å²) in [6.07, 6.45) is 1.81. The summed E-state index contributed by atoms with van der Waals surface area (Å²) in [5, 5.41) is 0. The van der Waals surface area contributed by atoms with Crippen molar-refractivity contribution in [1.82, 2.24) is 9.62 Å². The van der Waals surface area contributed by atoms with Crippen molar-refractivity contribution in [1.29, 1.82) is 0 Å². The third-order valence-electron chi connectivity index (χ3n) is 4.80. The van der Waals surface area contributed by atoms with Crippen molar-refractivity contribution in [3.05, 3.63) is 60.2 Å². The van der Waals surface area contributed by atoms with Crippen molar-refractivity contribution >= 4 is 16.1 Å². The fourth-order valence-electron chi connectivity index (χ4n) is 3.61. The number of sulfonamides is 1. The molecule has 0 saturated carbocycles. The van der Waals surface area contributed by atoms with E-state index < -0.39 is 16.1 Å². The van der Waals surface area contributed by atoms with E-state index in [9.17, 15) is 13.2 Å². The summed E-state index contributed by atoms with van der Waals surface area (Å²) in [7, 11) is -2.03. The molecular weight excluding hydrogens is 364 g/mol. The van der Waals surface area contributed by atoms with E-state index in [4.69, 9.17) is 4.74 Å².